The standard InChI is InChI=1S/C14H13N3O4/c18-14(19)10-5-16-7-17-11(10)6-15-4-9-2-1-3-12-13(9)21-8-20-12/h1-3,5,7,15H,4,6,8H2,(H,18,19). The van der Waals surface area contributed by atoms with Gasteiger partial charge in [-0.15, -0.1) is 0 Å². The molecule has 7 nitrogen and oxygen atoms in total. The third-order valence-corrected chi connectivity index (χ3v) is 3.11. The van der Waals surface area contributed by atoms with Crippen molar-refractivity contribution in [1.29, 1.82) is 0 Å². The summed E-state index contributed by atoms with van der Waals surface area (Å²) in [5.41, 5.74) is 1.50. The SMILES string of the molecule is O=C(O)c1cncnc1CNCc1cccc2c1OCO2. The van der Waals surface area contributed by atoms with Crippen molar-refractivity contribution < 1.29 is 19.4 Å². The highest BCUT2D eigenvalue weighted by atomic mass is 16.7. The van der Waals surface area contributed by atoms with E-state index in [1.807, 2.05) is 18.2 Å². The molecule has 0 atom stereocenters. The quantitative estimate of drug-likeness (QED) is 0.853. The second-order valence-corrected chi connectivity index (χ2v) is 4.44. The second kappa shape index (κ2) is 5.76. The number of carbonyl (C=O) groups is 1. The summed E-state index contributed by atoms with van der Waals surface area (Å²) in [5, 5.41) is 12.2. The van der Waals surface area contributed by atoms with E-state index in [0.717, 1.165) is 17.1 Å². The molecule has 2 aromatic rings. The van der Waals surface area contributed by atoms with Crippen LogP contribution in [0.5, 0.6) is 11.5 Å². The molecule has 0 amide bonds. The molecule has 0 bridgehead atoms. The highest BCUT2D eigenvalue weighted by Crippen LogP contribution is 2.35. The predicted octanol–water partition coefficient (Wildman–Crippen LogP) is 1.19. The van der Waals surface area contributed by atoms with Gasteiger partial charge in [-0.05, 0) is 6.07 Å². The number of para-hydroxylation sites is 1. The number of aromatic nitrogens is 2. The molecule has 1 aromatic carbocycles. The van der Waals surface area contributed by atoms with Crippen LogP contribution in [0.2, 0.25) is 0 Å². The molecule has 0 unspecified atom stereocenters. The highest BCUT2D eigenvalue weighted by Gasteiger charge is 2.17. The minimum atomic E-state index is -1.04. The molecule has 2 heterocycles. The van der Waals surface area contributed by atoms with Crippen molar-refractivity contribution in [2.75, 3.05) is 6.79 Å². The fourth-order valence-electron chi connectivity index (χ4n) is 2.12. The van der Waals surface area contributed by atoms with Gasteiger partial charge in [0.05, 0.1) is 5.69 Å². The monoisotopic (exact) mass is 287 g/mol. The predicted molar refractivity (Wildman–Crippen MR) is 72.1 cm³/mol. The summed E-state index contributed by atoms with van der Waals surface area (Å²) in [6.07, 6.45) is 2.63. The van der Waals surface area contributed by atoms with E-state index in [0.29, 0.717) is 18.8 Å². The first kappa shape index (κ1) is 13.3. The number of carboxylic acid groups (broad SMARTS) is 1. The number of aromatic carboxylic acids is 1. The fraction of sp³-hybridized carbons (Fsp3) is 0.214. The van der Waals surface area contributed by atoms with Gasteiger partial charge in [-0.2, -0.15) is 0 Å². The van der Waals surface area contributed by atoms with Gasteiger partial charge in [0.15, 0.2) is 11.5 Å². The Hall–Kier alpha value is -2.67. The van der Waals surface area contributed by atoms with Gasteiger partial charge in [-0.1, -0.05) is 12.1 Å². The molecule has 0 spiro atoms. The maximum Gasteiger partial charge on any atom is 0.339 e. The topological polar surface area (TPSA) is 93.6 Å². The van der Waals surface area contributed by atoms with Gasteiger partial charge in [0.2, 0.25) is 6.79 Å². The van der Waals surface area contributed by atoms with E-state index in [4.69, 9.17) is 14.6 Å². The lowest BCUT2D eigenvalue weighted by Gasteiger charge is -2.08. The summed E-state index contributed by atoms with van der Waals surface area (Å²) in [6, 6.07) is 5.66. The van der Waals surface area contributed by atoms with Crippen LogP contribution in [0.4, 0.5) is 0 Å². The summed E-state index contributed by atoms with van der Waals surface area (Å²) in [4.78, 5) is 18.8. The number of hydrogen-bond acceptors (Lipinski definition) is 6. The van der Waals surface area contributed by atoms with Crippen molar-refractivity contribution in [3.63, 3.8) is 0 Å². The van der Waals surface area contributed by atoms with Crippen molar-refractivity contribution in [2.45, 2.75) is 13.1 Å². The molecule has 1 aromatic heterocycles. The van der Waals surface area contributed by atoms with E-state index in [1.54, 1.807) is 0 Å². The fourth-order valence-corrected chi connectivity index (χ4v) is 2.12. The summed E-state index contributed by atoms with van der Waals surface area (Å²) < 4.78 is 10.7. The minimum absolute atomic E-state index is 0.0999. The van der Waals surface area contributed by atoms with Crippen molar-refractivity contribution in [2.24, 2.45) is 0 Å². The number of benzene rings is 1. The average Bonchev–Trinajstić information content (AvgIpc) is 2.97. The van der Waals surface area contributed by atoms with Gasteiger partial charge in [-0.3, -0.25) is 0 Å². The molecular weight excluding hydrogens is 274 g/mol. The number of hydrogen-bond donors (Lipinski definition) is 2. The zero-order valence-electron chi connectivity index (χ0n) is 11.1. The lowest BCUT2D eigenvalue weighted by Crippen LogP contribution is -2.17. The van der Waals surface area contributed by atoms with Crippen LogP contribution in [-0.4, -0.2) is 27.8 Å². The number of fused-ring (bicyclic) bond motifs is 1. The molecule has 21 heavy (non-hydrogen) atoms. The Labute approximate surface area is 120 Å². The first-order valence-corrected chi connectivity index (χ1v) is 6.36. The van der Waals surface area contributed by atoms with E-state index < -0.39 is 5.97 Å². The Morgan fingerprint density at radius 1 is 1.33 bits per heavy atom. The van der Waals surface area contributed by atoms with Crippen LogP contribution in [0, 0.1) is 0 Å². The van der Waals surface area contributed by atoms with Crippen LogP contribution < -0.4 is 14.8 Å². The summed E-state index contributed by atoms with van der Waals surface area (Å²) in [5.74, 6) is 0.415. The molecule has 1 aliphatic heterocycles. The molecule has 0 fully saturated rings. The molecule has 7 heteroatoms. The highest BCUT2D eigenvalue weighted by molar-refractivity contribution is 5.88. The molecule has 0 radical (unpaired) electrons. The normalized spacial score (nSPS) is 12.4. The van der Waals surface area contributed by atoms with Crippen molar-refractivity contribution in [1.82, 2.24) is 15.3 Å². The smallest absolute Gasteiger partial charge is 0.339 e. The zero-order chi connectivity index (χ0) is 14.7. The van der Waals surface area contributed by atoms with Gasteiger partial charge in [0.1, 0.15) is 11.9 Å². The van der Waals surface area contributed by atoms with Crippen LogP contribution in [0.1, 0.15) is 21.6 Å². The largest absolute Gasteiger partial charge is 0.478 e. The average molecular weight is 287 g/mol. The first-order valence-electron chi connectivity index (χ1n) is 6.36. The van der Waals surface area contributed by atoms with Crippen molar-refractivity contribution in [3.8, 4) is 11.5 Å². The summed E-state index contributed by atoms with van der Waals surface area (Å²) in [6.45, 7) is 1.08. The zero-order valence-corrected chi connectivity index (χ0v) is 11.1. The minimum Gasteiger partial charge on any atom is -0.478 e. The molecular formula is C14H13N3O4. The van der Waals surface area contributed by atoms with Crippen LogP contribution >= 0.6 is 0 Å². The van der Waals surface area contributed by atoms with Crippen molar-refractivity contribution >= 4 is 5.97 Å². The Morgan fingerprint density at radius 3 is 3.10 bits per heavy atom. The van der Waals surface area contributed by atoms with E-state index in [1.165, 1.54) is 12.5 Å². The van der Waals surface area contributed by atoms with Crippen LogP contribution in [-0.2, 0) is 13.1 Å². The summed E-state index contributed by atoms with van der Waals surface area (Å²) >= 11 is 0. The molecule has 0 saturated carbocycles. The lowest BCUT2D eigenvalue weighted by atomic mass is 10.1. The van der Waals surface area contributed by atoms with E-state index in [9.17, 15) is 4.79 Å². The molecule has 0 aliphatic carbocycles. The Bertz CT molecular complexity index is 675. The molecule has 0 saturated heterocycles. The number of ether oxygens (including phenoxy) is 2. The van der Waals surface area contributed by atoms with E-state index in [-0.39, 0.29) is 12.4 Å². The van der Waals surface area contributed by atoms with E-state index >= 15 is 0 Å². The third kappa shape index (κ3) is 2.77. The van der Waals surface area contributed by atoms with Crippen LogP contribution in [0.3, 0.4) is 0 Å². The lowest BCUT2D eigenvalue weighted by molar-refractivity contribution is 0.0694. The number of nitrogens with zero attached hydrogens (tertiary/aromatic N) is 2. The molecule has 1 aliphatic rings. The summed E-state index contributed by atoms with van der Waals surface area (Å²) in [7, 11) is 0. The molecule has 108 valence electrons. The van der Waals surface area contributed by atoms with Gasteiger partial charge in [-0.25, -0.2) is 14.8 Å². The van der Waals surface area contributed by atoms with E-state index in [2.05, 4.69) is 15.3 Å². The Kier molecular flexibility index (Phi) is 3.65. The maximum absolute atomic E-state index is 11.1. The van der Waals surface area contributed by atoms with Gasteiger partial charge in [0.25, 0.3) is 0 Å². The third-order valence-electron chi connectivity index (χ3n) is 3.11. The maximum atomic E-state index is 11.1. The van der Waals surface area contributed by atoms with Gasteiger partial charge in [0, 0.05) is 24.8 Å². The van der Waals surface area contributed by atoms with Crippen molar-refractivity contribution in [3.05, 3.63) is 47.5 Å². The number of rotatable bonds is 5. The first-order chi connectivity index (χ1) is 10.3. The number of carboxylic acids is 1. The van der Waals surface area contributed by atoms with Gasteiger partial charge >= 0.3 is 5.97 Å². The molecule has 2 N–H and O–H groups in total. The Balaban J connectivity index is 1.68. The van der Waals surface area contributed by atoms with Crippen LogP contribution in [0.25, 0.3) is 0 Å². The Morgan fingerprint density at radius 2 is 2.24 bits per heavy atom. The number of nitrogens with one attached hydrogen (secondary N) is 1. The second-order valence-electron chi connectivity index (χ2n) is 4.44. The van der Waals surface area contributed by atoms with Gasteiger partial charge < -0.3 is 19.9 Å². The van der Waals surface area contributed by atoms with Crippen LogP contribution in [0.15, 0.2) is 30.7 Å². The molecule has 3 rings (SSSR count).